The number of benzene rings is 3. The van der Waals surface area contributed by atoms with Gasteiger partial charge < -0.3 is 4.90 Å². The molecule has 11 heteroatoms. The number of sulfonamides is 1. The molecule has 1 N–H and O–H groups in total. The number of anilines is 1. The van der Waals surface area contributed by atoms with Crippen LogP contribution in [0.5, 0.6) is 0 Å². The molecule has 0 aromatic heterocycles. The number of alkyl halides is 1. The molecule has 0 saturated carbocycles. The fraction of sp³-hybridized carbons (Fsp3) is 0.200. The average Bonchev–Trinajstić information content (AvgIpc) is 2.85. The van der Waals surface area contributed by atoms with E-state index >= 15 is 4.39 Å². The van der Waals surface area contributed by atoms with Gasteiger partial charge in [-0.05, 0) is 42.3 Å². The van der Waals surface area contributed by atoms with Gasteiger partial charge in [0.15, 0.2) is 9.84 Å². The van der Waals surface area contributed by atoms with E-state index < -0.39 is 38.0 Å². The summed E-state index contributed by atoms with van der Waals surface area (Å²) in [4.78, 5) is 13.9. The predicted octanol–water partition coefficient (Wildman–Crippen LogP) is 3.40. The third kappa shape index (κ3) is 5.02. The maximum absolute atomic E-state index is 15.9. The van der Waals surface area contributed by atoms with Gasteiger partial charge in [0.1, 0.15) is 0 Å². The maximum Gasteiger partial charge on any atom is 0.280 e. The van der Waals surface area contributed by atoms with Gasteiger partial charge in [0, 0.05) is 30.5 Å². The summed E-state index contributed by atoms with van der Waals surface area (Å²) in [6.07, 6.45) is 0.762. The second-order valence-corrected chi connectivity index (χ2v) is 12.1. The second kappa shape index (κ2) is 9.46. The van der Waals surface area contributed by atoms with E-state index in [9.17, 15) is 21.6 Å². The van der Waals surface area contributed by atoms with Crippen molar-refractivity contribution in [2.45, 2.75) is 28.4 Å². The number of nitriles is 1. The summed E-state index contributed by atoms with van der Waals surface area (Å²) >= 11 is 0. The Morgan fingerprint density at radius 2 is 1.72 bits per heavy atom. The van der Waals surface area contributed by atoms with Crippen LogP contribution in [-0.4, -0.2) is 41.3 Å². The normalized spacial score (nSPS) is 18.6. The smallest absolute Gasteiger partial charge is 0.280 e. The fourth-order valence-corrected chi connectivity index (χ4v) is 6.28. The molecule has 1 aliphatic heterocycles. The molecule has 0 bridgehead atoms. The zero-order valence-corrected chi connectivity index (χ0v) is 20.8. The number of nitrogens with zero attached hydrogens (tertiary/aromatic N) is 2. The first kappa shape index (κ1) is 25.5. The summed E-state index contributed by atoms with van der Waals surface area (Å²) in [7, 11) is -8.21. The summed E-state index contributed by atoms with van der Waals surface area (Å²) < 4.78 is 68.6. The van der Waals surface area contributed by atoms with Gasteiger partial charge in [-0.2, -0.15) is 9.98 Å². The van der Waals surface area contributed by atoms with Crippen molar-refractivity contribution in [2.24, 2.45) is 0 Å². The first-order valence-corrected chi connectivity index (χ1v) is 14.3. The summed E-state index contributed by atoms with van der Waals surface area (Å²) in [6.45, 7) is 0.0734. The lowest BCUT2D eigenvalue weighted by Crippen LogP contribution is -2.60. The minimum Gasteiger partial charge on any atom is -0.308 e. The number of nitrogens with one attached hydrogen (secondary N) is 1. The molecule has 36 heavy (non-hydrogen) atoms. The van der Waals surface area contributed by atoms with Gasteiger partial charge >= 0.3 is 0 Å². The van der Waals surface area contributed by atoms with E-state index in [1.807, 2.05) is 10.8 Å². The molecule has 0 aliphatic carbocycles. The molecule has 1 heterocycles. The van der Waals surface area contributed by atoms with Crippen LogP contribution in [0.15, 0.2) is 82.6 Å². The van der Waals surface area contributed by atoms with Crippen molar-refractivity contribution in [1.82, 2.24) is 4.72 Å². The Morgan fingerprint density at radius 1 is 1.00 bits per heavy atom. The highest BCUT2D eigenvalue weighted by atomic mass is 32.2. The van der Waals surface area contributed by atoms with Gasteiger partial charge in [0.05, 0.1) is 21.4 Å². The lowest BCUT2D eigenvalue weighted by Gasteiger charge is -2.36. The second-order valence-electron chi connectivity index (χ2n) is 8.43. The molecule has 186 valence electrons. The third-order valence-electron chi connectivity index (χ3n) is 5.82. The van der Waals surface area contributed by atoms with Crippen molar-refractivity contribution in [3.05, 3.63) is 78.4 Å². The Kier molecular flexibility index (Phi) is 6.70. The fourth-order valence-electron chi connectivity index (χ4n) is 4.09. The zero-order chi connectivity index (χ0) is 26.1. The number of hydrogen-bond donors (Lipinski definition) is 1. The molecule has 1 aliphatic rings. The summed E-state index contributed by atoms with van der Waals surface area (Å²) in [5, 5.41) is 9.03. The van der Waals surface area contributed by atoms with E-state index in [1.165, 1.54) is 30.3 Å². The Bertz CT molecular complexity index is 1590. The van der Waals surface area contributed by atoms with Crippen LogP contribution in [-0.2, 0) is 24.7 Å². The van der Waals surface area contributed by atoms with Crippen LogP contribution >= 0.6 is 0 Å². The molecule has 4 rings (SSSR count). The Hall–Kier alpha value is -3.59. The summed E-state index contributed by atoms with van der Waals surface area (Å²) in [6, 6.07) is 20.0. The topological polar surface area (TPSA) is 124 Å². The standard InChI is InChI=1S/C25H22FN3O5S2/c1-35(31,32)23-16-20(11-12-22(23)19-8-3-2-4-9-19)29-14-6-13-25(26,24(29)30)28-36(33,34)21-10-5-7-18(15-21)17-27/h2-5,7-12,15-16,28H,6,13-14H2,1H3. The quantitative estimate of drug-likeness (QED) is 0.490. The monoisotopic (exact) mass is 527 g/mol. The molecule has 3 aromatic rings. The Morgan fingerprint density at radius 3 is 2.39 bits per heavy atom. The molecule has 1 amide bonds. The highest BCUT2D eigenvalue weighted by Crippen LogP contribution is 2.35. The molecule has 1 unspecified atom stereocenters. The van der Waals surface area contributed by atoms with Crippen LogP contribution in [0.4, 0.5) is 10.1 Å². The summed E-state index contributed by atoms with van der Waals surface area (Å²) in [5.74, 6) is -4.11. The van der Waals surface area contributed by atoms with Crippen molar-refractivity contribution < 1.29 is 26.0 Å². The van der Waals surface area contributed by atoms with E-state index in [0.717, 1.165) is 17.2 Å². The van der Waals surface area contributed by atoms with Crippen LogP contribution in [0, 0.1) is 11.3 Å². The lowest BCUT2D eigenvalue weighted by molar-refractivity contribution is -0.133. The molecule has 1 saturated heterocycles. The maximum atomic E-state index is 15.9. The summed E-state index contributed by atoms with van der Waals surface area (Å²) in [5.41, 5.74) is 1.28. The molecule has 8 nitrogen and oxygen atoms in total. The van der Waals surface area contributed by atoms with Crippen molar-refractivity contribution in [3.63, 3.8) is 0 Å². The van der Waals surface area contributed by atoms with Crippen molar-refractivity contribution in [3.8, 4) is 17.2 Å². The minimum absolute atomic E-state index is 0.0390. The highest BCUT2D eigenvalue weighted by Gasteiger charge is 2.48. The number of sulfone groups is 1. The number of piperidine rings is 1. The van der Waals surface area contributed by atoms with Crippen LogP contribution in [0.3, 0.4) is 0 Å². The third-order valence-corrected chi connectivity index (χ3v) is 8.42. The average molecular weight is 528 g/mol. The molecule has 0 spiro atoms. The van der Waals surface area contributed by atoms with E-state index in [2.05, 4.69) is 0 Å². The van der Waals surface area contributed by atoms with Gasteiger partial charge in [-0.3, -0.25) is 4.79 Å². The van der Waals surface area contributed by atoms with Crippen LogP contribution in [0.25, 0.3) is 11.1 Å². The van der Waals surface area contributed by atoms with Crippen LogP contribution in [0.2, 0.25) is 0 Å². The molecule has 0 radical (unpaired) electrons. The van der Waals surface area contributed by atoms with Gasteiger partial charge in [0.25, 0.3) is 11.7 Å². The predicted molar refractivity (Wildman–Crippen MR) is 132 cm³/mol. The highest BCUT2D eigenvalue weighted by molar-refractivity contribution is 7.91. The SMILES string of the molecule is CS(=O)(=O)c1cc(N2CCCC(F)(NS(=O)(=O)c3cccc(C#N)c3)C2=O)ccc1-c1ccccc1. The first-order valence-electron chi connectivity index (χ1n) is 10.9. The van der Waals surface area contributed by atoms with Gasteiger partial charge in [-0.1, -0.05) is 42.5 Å². The first-order chi connectivity index (χ1) is 16.9. The molecule has 3 aromatic carbocycles. The Balaban J connectivity index is 1.70. The van der Waals surface area contributed by atoms with E-state index in [0.29, 0.717) is 11.1 Å². The minimum atomic E-state index is -4.48. The molecular weight excluding hydrogens is 505 g/mol. The largest absolute Gasteiger partial charge is 0.308 e. The van der Waals surface area contributed by atoms with Crippen molar-refractivity contribution in [1.29, 1.82) is 5.26 Å². The van der Waals surface area contributed by atoms with Crippen molar-refractivity contribution in [2.75, 3.05) is 17.7 Å². The van der Waals surface area contributed by atoms with Crippen LogP contribution < -0.4 is 9.62 Å². The molecular formula is C25H22FN3O5S2. The van der Waals surface area contributed by atoms with E-state index in [4.69, 9.17) is 5.26 Å². The number of carbonyl (C=O) groups is 1. The van der Waals surface area contributed by atoms with E-state index in [1.54, 1.807) is 36.4 Å². The number of hydrogen-bond acceptors (Lipinski definition) is 6. The molecule has 1 atom stereocenters. The van der Waals surface area contributed by atoms with Gasteiger partial charge in [0.2, 0.25) is 10.0 Å². The van der Waals surface area contributed by atoms with Crippen molar-refractivity contribution >= 4 is 31.5 Å². The number of rotatable bonds is 6. The molecule has 1 fully saturated rings. The number of amides is 1. The lowest BCUT2D eigenvalue weighted by atomic mass is 10.0. The number of carbonyl (C=O) groups excluding carboxylic acids is 1. The van der Waals surface area contributed by atoms with E-state index in [-0.39, 0.29) is 34.0 Å². The van der Waals surface area contributed by atoms with Gasteiger partial charge in [-0.15, -0.1) is 0 Å². The van der Waals surface area contributed by atoms with Gasteiger partial charge in [-0.25, -0.2) is 21.2 Å². The Labute approximate surface area is 209 Å². The van der Waals surface area contributed by atoms with Crippen LogP contribution in [0.1, 0.15) is 18.4 Å². The zero-order valence-electron chi connectivity index (χ0n) is 19.2. The number of halogens is 1.